The molecule has 2 aromatic rings. The predicted molar refractivity (Wildman–Crippen MR) is 64.4 cm³/mol. The number of hydrogen-bond donors (Lipinski definition) is 0. The SMILES string of the molecule is c1cc2ccc1C1OC2N2c3ccc(cc3)N12. The Kier molecular flexibility index (Phi) is 1.18. The Hall–Kier alpha value is -2.00. The summed E-state index contributed by atoms with van der Waals surface area (Å²) in [5, 5.41) is 4.50. The molecular formula is C14H10N2O. The van der Waals surface area contributed by atoms with E-state index in [4.69, 9.17) is 4.74 Å². The minimum Gasteiger partial charge on any atom is -0.323 e. The van der Waals surface area contributed by atoms with Crippen LogP contribution in [0.25, 0.3) is 0 Å². The number of nitrogens with zero attached hydrogens (tertiary/aromatic N) is 2. The average molecular weight is 222 g/mol. The van der Waals surface area contributed by atoms with Crippen molar-refractivity contribution in [3.63, 3.8) is 0 Å². The second-order valence-corrected chi connectivity index (χ2v) is 4.71. The van der Waals surface area contributed by atoms with E-state index in [2.05, 4.69) is 58.5 Å². The van der Waals surface area contributed by atoms with Crippen LogP contribution in [0.4, 0.5) is 11.4 Å². The Balaban J connectivity index is 1.83. The summed E-state index contributed by atoms with van der Waals surface area (Å²) in [5.41, 5.74) is 4.85. The second-order valence-electron chi connectivity index (χ2n) is 4.71. The molecule has 2 atom stereocenters. The third-order valence-corrected chi connectivity index (χ3v) is 3.82. The summed E-state index contributed by atoms with van der Waals surface area (Å²) in [6, 6.07) is 17.3. The monoisotopic (exact) mass is 222 g/mol. The molecule has 5 aliphatic rings. The first-order chi connectivity index (χ1) is 8.42. The number of anilines is 2. The molecule has 0 aromatic heterocycles. The number of ether oxygens (including phenoxy) is 1. The number of hydrogen-bond acceptors (Lipinski definition) is 3. The standard InChI is InChI=1S/C14H10N2O/c1-2-10-4-3-9(1)13-15-11-5-7-12(8-6-11)16(15)14(10)17-13/h1-8,13-14H. The Morgan fingerprint density at radius 2 is 1.06 bits per heavy atom. The summed E-state index contributed by atoms with van der Waals surface area (Å²) in [7, 11) is 0. The van der Waals surface area contributed by atoms with E-state index in [-0.39, 0.29) is 12.5 Å². The molecule has 0 spiro atoms. The van der Waals surface area contributed by atoms with Gasteiger partial charge in [-0.15, -0.1) is 0 Å². The topological polar surface area (TPSA) is 15.7 Å². The molecule has 5 aliphatic heterocycles. The molecule has 0 amide bonds. The summed E-state index contributed by atoms with van der Waals surface area (Å²) in [5.74, 6) is 0. The lowest BCUT2D eigenvalue weighted by molar-refractivity contribution is 0.0491. The molecule has 6 bridgehead atoms. The van der Waals surface area contributed by atoms with Crippen molar-refractivity contribution in [1.82, 2.24) is 0 Å². The summed E-state index contributed by atoms with van der Waals surface area (Å²) in [6.07, 6.45) is 0.0415. The van der Waals surface area contributed by atoms with Gasteiger partial charge in [-0.05, 0) is 24.3 Å². The van der Waals surface area contributed by atoms with E-state index in [1.54, 1.807) is 0 Å². The number of hydrazine groups is 1. The summed E-state index contributed by atoms with van der Waals surface area (Å²) < 4.78 is 6.17. The fraction of sp³-hybridized carbons (Fsp3) is 0.143. The van der Waals surface area contributed by atoms with Crippen LogP contribution in [0.15, 0.2) is 48.5 Å². The average Bonchev–Trinajstić information content (AvgIpc) is 2.63. The van der Waals surface area contributed by atoms with Gasteiger partial charge >= 0.3 is 0 Å². The maximum Gasteiger partial charge on any atom is 0.177 e. The van der Waals surface area contributed by atoms with Gasteiger partial charge in [-0.3, -0.25) is 0 Å². The Labute approximate surface area is 98.8 Å². The molecule has 1 saturated heterocycles. The lowest BCUT2D eigenvalue weighted by Gasteiger charge is -2.40. The van der Waals surface area contributed by atoms with E-state index in [1.807, 2.05) is 0 Å². The minimum atomic E-state index is 0.0207. The molecule has 0 saturated carbocycles. The van der Waals surface area contributed by atoms with Crippen LogP contribution in [0.3, 0.4) is 0 Å². The zero-order valence-electron chi connectivity index (χ0n) is 9.08. The first-order valence-electron chi connectivity index (χ1n) is 5.86. The van der Waals surface area contributed by atoms with Gasteiger partial charge in [0.25, 0.3) is 0 Å². The fourth-order valence-corrected chi connectivity index (χ4v) is 3.01. The highest BCUT2D eigenvalue weighted by molar-refractivity contribution is 5.70. The highest BCUT2D eigenvalue weighted by Gasteiger charge is 2.46. The molecule has 2 unspecified atom stereocenters. The van der Waals surface area contributed by atoms with Crippen LogP contribution in [0, 0.1) is 0 Å². The summed E-state index contributed by atoms with van der Waals surface area (Å²) in [6.45, 7) is 0. The molecule has 3 nitrogen and oxygen atoms in total. The van der Waals surface area contributed by atoms with E-state index in [0.717, 1.165) is 0 Å². The predicted octanol–water partition coefficient (Wildman–Crippen LogP) is 2.97. The number of fused-ring (bicyclic) bond motifs is 4. The van der Waals surface area contributed by atoms with E-state index >= 15 is 0 Å². The van der Waals surface area contributed by atoms with Gasteiger partial charge in [0.2, 0.25) is 0 Å². The quantitative estimate of drug-likeness (QED) is 0.681. The van der Waals surface area contributed by atoms with Gasteiger partial charge in [0, 0.05) is 11.1 Å². The van der Waals surface area contributed by atoms with Crippen molar-refractivity contribution in [2.45, 2.75) is 12.5 Å². The second kappa shape index (κ2) is 2.46. The Morgan fingerprint density at radius 3 is 1.47 bits per heavy atom. The largest absolute Gasteiger partial charge is 0.323 e. The lowest BCUT2D eigenvalue weighted by atomic mass is 10.1. The molecule has 3 heteroatoms. The summed E-state index contributed by atoms with van der Waals surface area (Å²) in [4.78, 5) is 0. The zero-order valence-corrected chi connectivity index (χ0v) is 9.08. The molecule has 2 aromatic carbocycles. The van der Waals surface area contributed by atoms with Crippen LogP contribution < -0.4 is 10.0 Å². The Bertz CT molecular complexity index is 551. The van der Waals surface area contributed by atoms with Gasteiger partial charge in [0.05, 0.1) is 11.4 Å². The molecule has 0 radical (unpaired) electrons. The van der Waals surface area contributed by atoms with Crippen molar-refractivity contribution in [3.8, 4) is 0 Å². The van der Waals surface area contributed by atoms with Crippen molar-refractivity contribution >= 4 is 11.4 Å². The highest BCUT2D eigenvalue weighted by atomic mass is 16.6. The Morgan fingerprint density at radius 1 is 0.647 bits per heavy atom. The molecule has 17 heavy (non-hydrogen) atoms. The van der Waals surface area contributed by atoms with Crippen LogP contribution in [0.2, 0.25) is 0 Å². The first kappa shape index (κ1) is 8.14. The van der Waals surface area contributed by atoms with Crippen molar-refractivity contribution in [2.24, 2.45) is 0 Å². The van der Waals surface area contributed by atoms with Gasteiger partial charge < -0.3 is 4.74 Å². The van der Waals surface area contributed by atoms with Crippen molar-refractivity contribution in [1.29, 1.82) is 0 Å². The third kappa shape index (κ3) is 0.806. The van der Waals surface area contributed by atoms with Crippen LogP contribution in [0.5, 0.6) is 0 Å². The van der Waals surface area contributed by atoms with Gasteiger partial charge in [0.1, 0.15) is 0 Å². The maximum atomic E-state index is 6.17. The van der Waals surface area contributed by atoms with Crippen LogP contribution >= 0.6 is 0 Å². The fourth-order valence-electron chi connectivity index (χ4n) is 3.01. The number of rotatable bonds is 0. The van der Waals surface area contributed by atoms with Crippen LogP contribution in [-0.4, -0.2) is 0 Å². The van der Waals surface area contributed by atoms with E-state index in [0.29, 0.717) is 0 Å². The maximum absolute atomic E-state index is 6.17. The normalized spacial score (nSPS) is 26.4. The molecule has 1 fully saturated rings. The van der Waals surface area contributed by atoms with Crippen LogP contribution in [-0.2, 0) is 4.74 Å². The van der Waals surface area contributed by atoms with E-state index < -0.39 is 0 Å². The van der Waals surface area contributed by atoms with Crippen molar-refractivity contribution in [3.05, 3.63) is 59.7 Å². The highest BCUT2D eigenvalue weighted by Crippen LogP contribution is 2.51. The first-order valence-corrected chi connectivity index (χ1v) is 5.86. The molecule has 82 valence electrons. The van der Waals surface area contributed by atoms with E-state index in [1.165, 1.54) is 22.5 Å². The third-order valence-electron chi connectivity index (χ3n) is 3.82. The lowest BCUT2D eigenvalue weighted by Crippen LogP contribution is -2.42. The van der Waals surface area contributed by atoms with Gasteiger partial charge in [0.15, 0.2) is 12.5 Å². The van der Waals surface area contributed by atoms with Crippen molar-refractivity contribution in [2.75, 3.05) is 10.0 Å². The molecule has 0 N–H and O–H groups in total. The van der Waals surface area contributed by atoms with Gasteiger partial charge in [-0.2, -0.15) is 0 Å². The number of benzene rings is 2. The molecule has 7 rings (SSSR count). The van der Waals surface area contributed by atoms with Gasteiger partial charge in [-0.25, -0.2) is 10.0 Å². The van der Waals surface area contributed by atoms with Crippen molar-refractivity contribution < 1.29 is 4.74 Å². The zero-order chi connectivity index (χ0) is 11.0. The smallest absolute Gasteiger partial charge is 0.177 e. The van der Waals surface area contributed by atoms with Gasteiger partial charge in [-0.1, -0.05) is 24.3 Å². The minimum absolute atomic E-state index is 0.0207. The van der Waals surface area contributed by atoms with Crippen LogP contribution in [0.1, 0.15) is 23.6 Å². The summed E-state index contributed by atoms with van der Waals surface area (Å²) >= 11 is 0. The molecule has 0 aliphatic carbocycles. The van der Waals surface area contributed by atoms with E-state index in [9.17, 15) is 0 Å². The molecule has 5 heterocycles. The molecular weight excluding hydrogens is 212 g/mol.